The van der Waals surface area contributed by atoms with Crippen LogP contribution in [0.15, 0.2) is 12.3 Å². The highest BCUT2D eigenvalue weighted by molar-refractivity contribution is 5.78. The average molecular weight is 348 g/mol. The van der Waals surface area contributed by atoms with Crippen molar-refractivity contribution in [3.05, 3.63) is 29.1 Å². The van der Waals surface area contributed by atoms with Crippen molar-refractivity contribution >= 4 is 5.97 Å². The number of aromatic nitrogens is 1. The van der Waals surface area contributed by atoms with Gasteiger partial charge in [-0.25, -0.2) is 0 Å². The first-order valence-corrected chi connectivity index (χ1v) is 9.02. The summed E-state index contributed by atoms with van der Waals surface area (Å²) >= 11 is 0. The van der Waals surface area contributed by atoms with E-state index in [-0.39, 0.29) is 5.97 Å². The fourth-order valence-electron chi connectivity index (χ4n) is 3.42. The number of rotatable bonds is 6. The van der Waals surface area contributed by atoms with Crippen molar-refractivity contribution in [2.45, 2.75) is 53.1 Å². The molecule has 5 nitrogen and oxygen atoms in total. The lowest BCUT2D eigenvalue weighted by molar-refractivity contribution is -0.170. The first kappa shape index (κ1) is 19.9. The Hall–Kier alpha value is -1.46. The molecular weight excluding hydrogens is 316 g/mol. The zero-order valence-electron chi connectivity index (χ0n) is 16.5. The predicted molar refractivity (Wildman–Crippen MR) is 98.6 cm³/mol. The van der Waals surface area contributed by atoms with Crippen LogP contribution in [0, 0.1) is 19.3 Å². The van der Waals surface area contributed by atoms with Gasteiger partial charge in [0.15, 0.2) is 0 Å². The van der Waals surface area contributed by atoms with E-state index in [0.29, 0.717) is 13.2 Å². The fourth-order valence-corrected chi connectivity index (χ4v) is 3.42. The summed E-state index contributed by atoms with van der Waals surface area (Å²) in [5.74, 6) is -0.144. The highest BCUT2D eigenvalue weighted by Gasteiger charge is 2.47. The van der Waals surface area contributed by atoms with Crippen LogP contribution in [0.3, 0.4) is 0 Å². The van der Waals surface area contributed by atoms with Crippen LogP contribution in [-0.2, 0) is 20.7 Å². The summed E-state index contributed by atoms with van der Waals surface area (Å²) in [7, 11) is 1.65. The van der Waals surface area contributed by atoms with E-state index in [1.807, 2.05) is 27.0 Å². The standard InChI is InChI=1S/C20H32N2O3/c1-15-11-16(2)17(21-12-15)7-9-22-10-8-20(13-22,14-24-6)18(23)25-19(3,4)5/h11-12H,7-10,13-14H2,1-6H3. The van der Waals surface area contributed by atoms with E-state index in [1.54, 1.807) is 7.11 Å². The molecule has 5 heteroatoms. The van der Waals surface area contributed by atoms with Crippen LogP contribution in [-0.4, -0.2) is 54.8 Å². The van der Waals surface area contributed by atoms with E-state index in [2.05, 4.69) is 29.8 Å². The highest BCUT2D eigenvalue weighted by atomic mass is 16.6. The van der Waals surface area contributed by atoms with Gasteiger partial charge < -0.3 is 14.4 Å². The minimum atomic E-state index is -0.558. The number of methoxy groups -OCH3 is 1. The van der Waals surface area contributed by atoms with Crippen molar-refractivity contribution in [1.29, 1.82) is 0 Å². The Morgan fingerprint density at radius 1 is 1.36 bits per heavy atom. The number of hydrogen-bond donors (Lipinski definition) is 0. The van der Waals surface area contributed by atoms with E-state index in [1.165, 1.54) is 11.1 Å². The van der Waals surface area contributed by atoms with Gasteiger partial charge in [0.1, 0.15) is 11.0 Å². The lowest BCUT2D eigenvalue weighted by Gasteiger charge is -2.30. The summed E-state index contributed by atoms with van der Waals surface area (Å²) < 4.78 is 11.0. The van der Waals surface area contributed by atoms with Gasteiger partial charge in [-0.15, -0.1) is 0 Å². The molecule has 2 rings (SSSR count). The van der Waals surface area contributed by atoms with Crippen LogP contribution >= 0.6 is 0 Å². The monoisotopic (exact) mass is 348 g/mol. The zero-order chi connectivity index (χ0) is 18.7. The van der Waals surface area contributed by atoms with Gasteiger partial charge in [0.05, 0.1) is 6.61 Å². The molecule has 1 atom stereocenters. The SMILES string of the molecule is COCC1(C(=O)OC(C)(C)C)CCN(CCc2ncc(C)cc2C)C1. The molecule has 0 aromatic carbocycles. The summed E-state index contributed by atoms with van der Waals surface area (Å²) in [4.78, 5) is 19.6. The molecule has 1 aromatic rings. The molecule has 0 bridgehead atoms. The van der Waals surface area contributed by atoms with E-state index < -0.39 is 11.0 Å². The topological polar surface area (TPSA) is 51.7 Å². The molecule has 1 unspecified atom stereocenters. The average Bonchev–Trinajstić information content (AvgIpc) is 2.90. The smallest absolute Gasteiger partial charge is 0.316 e. The molecule has 1 fully saturated rings. The Kier molecular flexibility index (Phi) is 6.22. The number of hydrogen-bond acceptors (Lipinski definition) is 5. The van der Waals surface area contributed by atoms with E-state index in [4.69, 9.17) is 9.47 Å². The maximum Gasteiger partial charge on any atom is 0.316 e. The molecule has 2 heterocycles. The molecule has 0 N–H and O–H groups in total. The van der Waals surface area contributed by atoms with Crippen LogP contribution in [0.4, 0.5) is 0 Å². The minimum Gasteiger partial charge on any atom is -0.459 e. The molecule has 1 aromatic heterocycles. The molecule has 1 saturated heterocycles. The van der Waals surface area contributed by atoms with Gasteiger partial charge in [-0.05, 0) is 58.7 Å². The molecule has 1 aliphatic heterocycles. The molecular formula is C20H32N2O3. The van der Waals surface area contributed by atoms with Crippen LogP contribution in [0.5, 0.6) is 0 Å². The number of pyridine rings is 1. The third-order valence-electron chi connectivity index (χ3n) is 4.67. The Labute approximate surface area is 151 Å². The molecule has 25 heavy (non-hydrogen) atoms. The molecule has 0 radical (unpaired) electrons. The van der Waals surface area contributed by atoms with Gasteiger partial charge in [0.25, 0.3) is 0 Å². The number of likely N-dealkylation sites (tertiary alicyclic amines) is 1. The minimum absolute atomic E-state index is 0.144. The van der Waals surface area contributed by atoms with Crippen molar-refractivity contribution in [3.8, 4) is 0 Å². The van der Waals surface area contributed by atoms with E-state index in [0.717, 1.165) is 31.6 Å². The van der Waals surface area contributed by atoms with Gasteiger partial charge in [-0.1, -0.05) is 6.07 Å². The second-order valence-electron chi connectivity index (χ2n) is 8.27. The van der Waals surface area contributed by atoms with Gasteiger partial charge in [-0.3, -0.25) is 9.78 Å². The maximum absolute atomic E-state index is 12.7. The highest BCUT2D eigenvalue weighted by Crippen LogP contribution is 2.34. The number of nitrogens with zero attached hydrogens (tertiary/aromatic N) is 2. The Morgan fingerprint density at radius 3 is 2.68 bits per heavy atom. The zero-order valence-corrected chi connectivity index (χ0v) is 16.5. The van der Waals surface area contributed by atoms with Gasteiger partial charge in [-0.2, -0.15) is 0 Å². The number of ether oxygens (including phenoxy) is 2. The summed E-state index contributed by atoms with van der Waals surface area (Å²) in [6.45, 7) is 12.7. The first-order chi connectivity index (χ1) is 11.6. The van der Waals surface area contributed by atoms with E-state index >= 15 is 0 Å². The lowest BCUT2D eigenvalue weighted by Crippen LogP contribution is -2.43. The van der Waals surface area contributed by atoms with Crippen LogP contribution < -0.4 is 0 Å². The van der Waals surface area contributed by atoms with Gasteiger partial charge >= 0.3 is 5.97 Å². The molecule has 140 valence electrons. The van der Waals surface area contributed by atoms with Crippen molar-refractivity contribution in [2.75, 3.05) is 33.4 Å². The third-order valence-corrected chi connectivity index (χ3v) is 4.67. The van der Waals surface area contributed by atoms with Crippen LogP contribution in [0.1, 0.15) is 44.0 Å². The molecule has 0 aliphatic carbocycles. The summed E-state index contributed by atoms with van der Waals surface area (Å²) in [6.07, 6.45) is 3.59. The Bertz CT molecular complexity index is 609. The molecule has 1 aliphatic rings. The van der Waals surface area contributed by atoms with Crippen LogP contribution in [0.25, 0.3) is 0 Å². The Balaban J connectivity index is 2.00. The molecule has 0 spiro atoms. The van der Waals surface area contributed by atoms with Crippen molar-refractivity contribution in [3.63, 3.8) is 0 Å². The summed E-state index contributed by atoms with van der Waals surface area (Å²) in [5.41, 5.74) is 2.51. The van der Waals surface area contributed by atoms with Crippen molar-refractivity contribution in [1.82, 2.24) is 9.88 Å². The van der Waals surface area contributed by atoms with Crippen LogP contribution in [0.2, 0.25) is 0 Å². The molecule has 0 saturated carbocycles. The quantitative estimate of drug-likeness (QED) is 0.740. The lowest BCUT2D eigenvalue weighted by atomic mass is 9.88. The summed E-state index contributed by atoms with van der Waals surface area (Å²) in [5, 5.41) is 0. The number of carbonyl (C=O) groups is 1. The normalized spacial score (nSPS) is 21.5. The predicted octanol–water partition coefficient (Wildman–Crippen LogP) is 2.92. The Morgan fingerprint density at radius 2 is 2.08 bits per heavy atom. The number of esters is 1. The van der Waals surface area contributed by atoms with Gasteiger partial charge in [0, 0.05) is 38.5 Å². The maximum atomic E-state index is 12.7. The second-order valence-corrected chi connectivity index (χ2v) is 8.27. The second kappa shape index (κ2) is 7.83. The van der Waals surface area contributed by atoms with Crippen molar-refractivity contribution in [2.24, 2.45) is 5.41 Å². The molecule has 0 amide bonds. The summed E-state index contributed by atoms with van der Waals surface area (Å²) in [6, 6.07) is 2.17. The number of aryl methyl sites for hydroxylation is 2. The third kappa shape index (κ3) is 5.25. The first-order valence-electron chi connectivity index (χ1n) is 9.02. The van der Waals surface area contributed by atoms with Crippen molar-refractivity contribution < 1.29 is 14.3 Å². The fraction of sp³-hybridized carbons (Fsp3) is 0.700. The number of carbonyl (C=O) groups excluding carboxylic acids is 1. The van der Waals surface area contributed by atoms with Gasteiger partial charge in [0.2, 0.25) is 0 Å². The largest absolute Gasteiger partial charge is 0.459 e. The van der Waals surface area contributed by atoms with E-state index in [9.17, 15) is 4.79 Å².